The Kier molecular flexibility index (Phi) is 2.77. The predicted octanol–water partition coefficient (Wildman–Crippen LogP) is 2.83. The second-order valence-corrected chi connectivity index (χ2v) is 5.37. The Balaban J connectivity index is 2.38. The number of hydrogen-bond acceptors (Lipinski definition) is 4. The largest absolute Gasteiger partial charge is 0.486 e. The van der Waals surface area contributed by atoms with E-state index in [1.165, 1.54) is 6.20 Å². The van der Waals surface area contributed by atoms with Gasteiger partial charge in [-0.2, -0.15) is 0 Å². The molecule has 0 spiro atoms. The van der Waals surface area contributed by atoms with Crippen molar-refractivity contribution in [3.05, 3.63) is 27.9 Å². The van der Waals surface area contributed by atoms with Crippen LogP contribution in [0.15, 0.2) is 12.3 Å². The Hall–Kier alpha value is -1.65. The van der Waals surface area contributed by atoms with Crippen molar-refractivity contribution in [1.29, 1.82) is 0 Å². The minimum atomic E-state index is -0.443. The van der Waals surface area contributed by atoms with Crippen LogP contribution in [0.3, 0.4) is 0 Å². The summed E-state index contributed by atoms with van der Waals surface area (Å²) < 4.78 is 5.61. The summed E-state index contributed by atoms with van der Waals surface area (Å²) in [6.45, 7) is 5.79. The lowest BCUT2D eigenvalue weighted by Gasteiger charge is -2.18. The van der Waals surface area contributed by atoms with Crippen molar-refractivity contribution in [2.45, 2.75) is 45.1 Å². The van der Waals surface area contributed by atoms with E-state index in [2.05, 4.69) is 4.98 Å². The van der Waals surface area contributed by atoms with Gasteiger partial charge in [-0.15, -0.1) is 0 Å². The highest BCUT2D eigenvalue weighted by Gasteiger charge is 2.29. The molecule has 1 aliphatic carbocycles. The number of nitro groups is 1. The van der Waals surface area contributed by atoms with Crippen molar-refractivity contribution < 1.29 is 9.66 Å². The maximum Gasteiger partial charge on any atom is 0.367 e. The molecule has 1 aromatic heterocycles. The summed E-state index contributed by atoms with van der Waals surface area (Å²) in [5, 5.41) is 10.9. The third-order valence-electron chi connectivity index (χ3n) is 2.65. The summed E-state index contributed by atoms with van der Waals surface area (Å²) in [6.07, 6.45) is 3.82. The number of aromatic nitrogens is 1. The van der Waals surface area contributed by atoms with Crippen molar-refractivity contribution >= 4 is 5.82 Å². The molecule has 17 heavy (non-hydrogen) atoms. The van der Waals surface area contributed by atoms with Crippen molar-refractivity contribution in [3.8, 4) is 5.75 Å². The van der Waals surface area contributed by atoms with Crippen LogP contribution in [0, 0.1) is 10.1 Å². The number of ether oxygens (including phenoxy) is 1. The van der Waals surface area contributed by atoms with Gasteiger partial charge in [-0.1, -0.05) is 20.8 Å². The maximum atomic E-state index is 10.9. The van der Waals surface area contributed by atoms with Gasteiger partial charge in [0.05, 0.1) is 11.7 Å². The number of nitrogens with zero attached hydrogens (tertiary/aromatic N) is 2. The number of pyridine rings is 1. The minimum Gasteiger partial charge on any atom is -0.486 e. The molecule has 0 saturated heterocycles. The molecule has 0 atom stereocenters. The standard InChI is InChI=1S/C12H16N2O3/c1-12(2,3)10-6-9(17-8-4-5-8)7-13-11(10)14(15)16/h6-8H,4-5H2,1-3H3. The van der Waals surface area contributed by atoms with Crippen molar-refractivity contribution in [2.24, 2.45) is 0 Å². The molecule has 1 fully saturated rings. The molecule has 5 nitrogen and oxygen atoms in total. The zero-order valence-electron chi connectivity index (χ0n) is 10.3. The molecule has 0 N–H and O–H groups in total. The molecule has 2 rings (SSSR count). The van der Waals surface area contributed by atoms with Gasteiger partial charge in [-0.05, 0) is 34.2 Å². The molecule has 0 unspecified atom stereocenters. The molecule has 0 radical (unpaired) electrons. The first kappa shape index (κ1) is 11.8. The van der Waals surface area contributed by atoms with E-state index in [9.17, 15) is 10.1 Å². The van der Waals surface area contributed by atoms with Gasteiger partial charge < -0.3 is 14.9 Å². The van der Waals surface area contributed by atoms with E-state index in [0.29, 0.717) is 11.3 Å². The lowest BCUT2D eigenvalue weighted by molar-refractivity contribution is -0.390. The minimum absolute atomic E-state index is 0.0827. The smallest absolute Gasteiger partial charge is 0.367 e. The zero-order chi connectivity index (χ0) is 12.6. The van der Waals surface area contributed by atoms with Crippen molar-refractivity contribution in [3.63, 3.8) is 0 Å². The van der Waals surface area contributed by atoms with Gasteiger partial charge in [-0.3, -0.25) is 0 Å². The van der Waals surface area contributed by atoms with Gasteiger partial charge in [0.25, 0.3) is 0 Å². The molecule has 92 valence electrons. The van der Waals surface area contributed by atoms with E-state index >= 15 is 0 Å². The van der Waals surface area contributed by atoms with Crippen LogP contribution in [0.2, 0.25) is 0 Å². The molecule has 0 aromatic carbocycles. The summed E-state index contributed by atoms with van der Waals surface area (Å²) in [7, 11) is 0. The van der Waals surface area contributed by atoms with Crippen LogP contribution in [0.25, 0.3) is 0 Å². The fourth-order valence-corrected chi connectivity index (χ4v) is 1.58. The van der Waals surface area contributed by atoms with Crippen molar-refractivity contribution in [2.75, 3.05) is 0 Å². The number of hydrogen-bond donors (Lipinski definition) is 0. The van der Waals surface area contributed by atoms with Gasteiger partial charge in [0, 0.05) is 0 Å². The Morgan fingerprint density at radius 3 is 2.59 bits per heavy atom. The zero-order valence-corrected chi connectivity index (χ0v) is 10.3. The van der Waals surface area contributed by atoms with Gasteiger partial charge in [0.15, 0.2) is 11.9 Å². The van der Waals surface area contributed by atoms with Gasteiger partial charge in [0.2, 0.25) is 0 Å². The van der Waals surface area contributed by atoms with Crippen LogP contribution in [-0.4, -0.2) is 16.0 Å². The van der Waals surface area contributed by atoms with Gasteiger partial charge >= 0.3 is 5.82 Å². The number of rotatable bonds is 3. The SMILES string of the molecule is CC(C)(C)c1cc(OC2CC2)cnc1[N+](=O)[O-]. The van der Waals surface area contributed by atoms with Crippen LogP contribution >= 0.6 is 0 Å². The summed E-state index contributed by atoms with van der Waals surface area (Å²) in [6, 6.07) is 1.74. The molecule has 1 saturated carbocycles. The molecule has 0 bridgehead atoms. The summed E-state index contributed by atoms with van der Waals surface area (Å²) in [4.78, 5) is 14.4. The lowest BCUT2D eigenvalue weighted by atomic mass is 9.87. The monoisotopic (exact) mass is 236 g/mol. The predicted molar refractivity (Wildman–Crippen MR) is 63.2 cm³/mol. The third-order valence-corrected chi connectivity index (χ3v) is 2.65. The van der Waals surface area contributed by atoms with E-state index in [0.717, 1.165) is 12.8 Å². The Morgan fingerprint density at radius 2 is 2.12 bits per heavy atom. The average molecular weight is 236 g/mol. The summed E-state index contributed by atoms with van der Waals surface area (Å²) >= 11 is 0. The molecule has 1 heterocycles. The fourth-order valence-electron chi connectivity index (χ4n) is 1.58. The highest BCUT2D eigenvalue weighted by molar-refractivity contribution is 5.42. The molecule has 1 aliphatic rings. The average Bonchev–Trinajstić information content (AvgIpc) is 3.00. The van der Waals surface area contributed by atoms with Crippen LogP contribution in [-0.2, 0) is 5.41 Å². The first-order chi connectivity index (χ1) is 7.88. The topological polar surface area (TPSA) is 65.3 Å². The second kappa shape index (κ2) is 3.98. The highest BCUT2D eigenvalue weighted by Crippen LogP contribution is 2.34. The van der Waals surface area contributed by atoms with E-state index < -0.39 is 4.92 Å². The quantitative estimate of drug-likeness (QED) is 0.598. The van der Waals surface area contributed by atoms with E-state index in [4.69, 9.17) is 4.74 Å². The third kappa shape index (κ3) is 2.72. The van der Waals surface area contributed by atoms with Gasteiger partial charge in [-0.25, -0.2) is 0 Å². The first-order valence-corrected chi connectivity index (χ1v) is 5.69. The molecule has 5 heteroatoms. The summed E-state index contributed by atoms with van der Waals surface area (Å²) in [5.41, 5.74) is 0.291. The first-order valence-electron chi connectivity index (χ1n) is 5.69. The molecule has 1 aromatic rings. The highest BCUT2D eigenvalue weighted by atomic mass is 16.6. The second-order valence-electron chi connectivity index (χ2n) is 5.37. The summed E-state index contributed by atoms with van der Waals surface area (Å²) in [5.74, 6) is 0.545. The Bertz CT molecular complexity index is 448. The molecule has 0 amide bonds. The van der Waals surface area contributed by atoms with Crippen molar-refractivity contribution in [1.82, 2.24) is 4.98 Å². The van der Waals surface area contributed by atoms with E-state index in [1.54, 1.807) is 6.07 Å². The van der Waals surface area contributed by atoms with Crippen LogP contribution in [0.4, 0.5) is 5.82 Å². The van der Waals surface area contributed by atoms with E-state index in [-0.39, 0.29) is 17.3 Å². The maximum absolute atomic E-state index is 10.9. The fraction of sp³-hybridized carbons (Fsp3) is 0.583. The van der Waals surface area contributed by atoms with E-state index in [1.807, 2.05) is 20.8 Å². The molecule has 0 aliphatic heterocycles. The van der Waals surface area contributed by atoms with Crippen LogP contribution in [0.1, 0.15) is 39.2 Å². The normalized spacial score (nSPS) is 15.7. The Labute approximate surface area is 100.0 Å². The van der Waals surface area contributed by atoms with Gasteiger partial charge in [0.1, 0.15) is 0 Å². The van der Waals surface area contributed by atoms with Crippen LogP contribution < -0.4 is 4.74 Å². The Morgan fingerprint density at radius 1 is 1.47 bits per heavy atom. The molecular formula is C12H16N2O3. The lowest BCUT2D eigenvalue weighted by Crippen LogP contribution is -2.15. The molecular weight excluding hydrogens is 220 g/mol. The van der Waals surface area contributed by atoms with Crippen LogP contribution in [0.5, 0.6) is 5.75 Å².